The molecule has 1 aromatic carbocycles. The average Bonchev–Trinajstić information content (AvgIpc) is 3.28. The first kappa shape index (κ1) is 19.9. The third kappa shape index (κ3) is 4.79. The molecule has 3 heterocycles. The number of amides is 1. The normalized spacial score (nSPS) is 23.0. The summed E-state index contributed by atoms with van der Waals surface area (Å²) in [6.45, 7) is 8.98. The maximum Gasteiger partial charge on any atom is 0.236 e. The molecule has 1 N–H and O–H groups in total. The van der Waals surface area contributed by atoms with Crippen LogP contribution >= 0.6 is 0 Å². The van der Waals surface area contributed by atoms with Gasteiger partial charge in [0, 0.05) is 63.4 Å². The Kier molecular flexibility index (Phi) is 5.87. The highest BCUT2D eigenvalue weighted by Gasteiger charge is 2.35. The second-order valence-corrected chi connectivity index (χ2v) is 8.37. The monoisotopic (exact) mass is 398 g/mol. The van der Waals surface area contributed by atoms with E-state index in [1.807, 2.05) is 13.0 Å². The summed E-state index contributed by atoms with van der Waals surface area (Å²) in [6.07, 6.45) is 0.101. The first-order valence-corrected chi connectivity index (χ1v) is 10.4. The molecule has 0 aliphatic carbocycles. The van der Waals surface area contributed by atoms with Crippen molar-refractivity contribution in [1.82, 2.24) is 15.0 Å². The summed E-state index contributed by atoms with van der Waals surface area (Å²) in [4.78, 5) is 19.2. The molecule has 0 spiro atoms. The van der Waals surface area contributed by atoms with E-state index in [-0.39, 0.29) is 11.8 Å². The molecule has 1 amide bonds. The lowest BCUT2D eigenvalue weighted by atomic mass is 10.0. The predicted molar refractivity (Wildman–Crippen MR) is 111 cm³/mol. The van der Waals surface area contributed by atoms with Gasteiger partial charge in [0.05, 0.1) is 18.3 Å². The number of anilines is 1. The lowest BCUT2D eigenvalue weighted by Gasteiger charge is -2.36. The van der Waals surface area contributed by atoms with Crippen LogP contribution in [0.1, 0.15) is 17.0 Å². The molecule has 0 radical (unpaired) electrons. The maximum atomic E-state index is 12.8. The number of aryl methyl sites for hydroxylation is 2. The first-order chi connectivity index (χ1) is 14.0. The number of carbonyl (C=O) groups excluding carboxylic acids is 1. The van der Waals surface area contributed by atoms with E-state index < -0.39 is 6.10 Å². The van der Waals surface area contributed by atoms with Gasteiger partial charge in [0.2, 0.25) is 5.91 Å². The van der Waals surface area contributed by atoms with Gasteiger partial charge in [0.1, 0.15) is 5.76 Å². The van der Waals surface area contributed by atoms with Crippen molar-refractivity contribution in [3.8, 4) is 0 Å². The number of rotatable bonds is 5. The van der Waals surface area contributed by atoms with Gasteiger partial charge in [-0.1, -0.05) is 17.3 Å². The van der Waals surface area contributed by atoms with Gasteiger partial charge in [-0.3, -0.25) is 9.69 Å². The Labute approximate surface area is 171 Å². The highest BCUT2D eigenvalue weighted by atomic mass is 16.5. The van der Waals surface area contributed by atoms with E-state index in [0.717, 1.165) is 37.6 Å². The number of hydrogen-bond donors (Lipinski definition) is 1. The minimum Gasteiger partial charge on any atom is -0.391 e. The Morgan fingerprint density at radius 1 is 1.17 bits per heavy atom. The number of hydrogen-bond acceptors (Lipinski definition) is 6. The lowest BCUT2D eigenvalue weighted by Crippen LogP contribution is -2.50. The summed E-state index contributed by atoms with van der Waals surface area (Å²) in [7, 11) is 0. The van der Waals surface area contributed by atoms with Crippen molar-refractivity contribution < 1.29 is 14.4 Å². The molecule has 2 aliphatic rings. The molecule has 0 saturated carbocycles. The van der Waals surface area contributed by atoms with Gasteiger partial charge in [-0.25, -0.2) is 0 Å². The Bertz CT molecular complexity index is 844. The van der Waals surface area contributed by atoms with Crippen molar-refractivity contribution in [2.75, 3.05) is 50.7 Å². The SMILES string of the molecule is Cc1cccc(N2CCN(CC(=O)N3C[C@@H](Cc4cc(C)no4)[C@H](O)C3)CC2)c1. The fraction of sp³-hybridized carbons (Fsp3) is 0.545. The zero-order valence-electron chi connectivity index (χ0n) is 17.3. The van der Waals surface area contributed by atoms with Crippen molar-refractivity contribution in [2.24, 2.45) is 5.92 Å². The number of benzene rings is 1. The maximum absolute atomic E-state index is 12.8. The molecule has 0 unspecified atom stereocenters. The molecule has 0 bridgehead atoms. The van der Waals surface area contributed by atoms with Gasteiger partial charge in [-0.2, -0.15) is 0 Å². The van der Waals surface area contributed by atoms with E-state index in [1.54, 1.807) is 4.90 Å². The van der Waals surface area contributed by atoms with Crippen molar-refractivity contribution in [3.63, 3.8) is 0 Å². The van der Waals surface area contributed by atoms with Crippen LogP contribution in [0.3, 0.4) is 0 Å². The van der Waals surface area contributed by atoms with Crippen molar-refractivity contribution in [3.05, 3.63) is 47.3 Å². The van der Waals surface area contributed by atoms with E-state index in [4.69, 9.17) is 4.52 Å². The summed E-state index contributed by atoms with van der Waals surface area (Å²) in [5, 5.41) is 14.3. The quantitative estimate of drug-likeness (QED) is 0.823. The molecular formula is C22H30N4O3. The van der Waals surface area contributed by atoms with E-state index in [2.05, 4.69) is 46.1 Å². The number of aliphatic hydroxyl groups excluding tert-OH is 1. The molecule has 1 aromatic heterocycles. The van der Waals surface area contributed by atoms with Crippen LogP contribution in [0, 0.1) is 19.8 Å². The zero-order valence-corrected chi connectivity index (χ0v) is 17.3. The van der Waals surface area contributed by atoms with Crippen LogP contribution in [0.4, 0.5) is 5.69 Å². The standard InChI is InChI=1S/C22H30N4O3/c1-16-4-3-5-19(10-16)25-8-6-24(7-9-25)15-22(28)26-13-18(21(27)14-26)12-20-11-17(2)23-29-20/h3-5,10-11,18,21,27H,6-9,12-15H2,1-2H3/t18-,21-/m1/s1. The van der Waals surface area contributed by atoms with E-state index in [1.165, 1.54) is 11.3 Å². The van der Waals surface area contributed by atoms with Gasteiger partial charge in [-0.05, 0) is 31.5 Å². The molecule has 7 nitrogen and oxygen atoms in total. The van der Waals surface area contributed by atoms with Crippen LogP contribution < -0.4 is 4.90 Å². The van der Waals surface area contributed by atoms with Gasteiger partial charge >= 0.3 is 0 Å². The molecule has 4 rings (SSSR count). The van der Waals surface area contributed by atoms with Crippen molar-refractivity contribution in [2.45, 2.75) is 26.4 Å². The van der Waals surface area contributed by atoms with E-state index in [9.17, 15) is 9.90 Å². The number of nitrogens with zero attached hydrogens (tertiary/aromatic N) is 4. The van der Waals surface area contributed by atoms with Crippen LogP contribution in [-0.2, 0) is 11.2 Å². The molecular weight excluding hydrogens is 368 g/mol. The van der Waals surface area contributed by atoms with Crippen LogP contribution in [0.15, 0.2) is 34.9 Å². The largest absolute Gasteiger partial charge is 0.391 e. The summed E-state index contributed by atoms with van der Waals surface area (Å²) in [5.74, 6) is 0.877. The Morgan fingerprint density at radius 2 is 1.97 bits per heavy atom. The van der Waals surface area contributed by atoms with Crippen molar-refractivity contribution >= 4 is 11.6 Å². The Morgan fingerprint density at radius 3 is 2.66 bits per heavy atom. The van der Waals surface area contributed by atoms with E-state index >= 15 is 0 Å². The molecule has 29 heavy (non-hydrogen) atoms. The molecule has 7 heteroatoms. The van der Waals surface area contributed by atoms with Gasteiger partial charge in [0.15, 0.2) is 0 Å². The van der Waals surface area contributed by atoms with Crippen LogP contribution in [-0.4, -0.2) is 77.9 Å². The van der Waals surface area contributed by atoms with Crippen molar-refractivity contribution in [1.29, 1.82) is 0 Å². The fourth-order valence-electron chi connectivity index (χ4n) is 4.31. The lowest BCUT2D eigenvalue weighted by molar-refractivity contribution is -0.131. The Balaban J connectivity index is 1.26. The first-order valence-electron chi connectivity index (χ1n) is 10.4. The van der Waals surface area contributed by atoms with Gasteiger partial charge < -0.3 is 19.4 Å². The number of carbonyl (C=O) groups is 1. The average molecular weight is 399 g/mol. The Hall–Kier alpha value is -2.38. The number of likely N-dealkylation sites (tertiary alicyclic amines) is 1. The molecule has 156 valence electrons. The smallest absolute Gasteiger partial charge is 0.236 e. The summed E-state index contributed by atoms with van der Waals surface area (Å²) >= 11 is 0. The predicted octanol–water partition coefficient (Wildman–Crippen LogP) is 1.48. The molecule has 2 aromatic rings. The number of aromatic nitrogens is 1. The van der Waals surface area contributed by atoms with Crippen LogP contribution in [0.2, 0.25) is 0 Å². The van der Waals surface area contributed by atoms with E-state index in [0.29, 0.717) is 26.1 Å². The van der Waals surface area contributed by atoms with Gasteiger partial charge in [-0.15, -0.1) is 0 Å². The fourth-order valence-corrected chi connectivity index (χ4v) is 4.31. The molecule has 2 aliphatic heterocycles. The summed E-state index contributed by atoms with van der Waals surface area (Å²) in [6, 6.07) is 10.5. The minimum absolute atomic E-state index is 0.00414. The van der Waals surface area contributed by atoms with Gasteiger partial charge in [0.25, 0.3) is 0 Å². The van der Waals surface area contributed by atoms with Crippen LogP contribution in [0.5, 0.6) is 0 Å². The second kappa shape index (κ2) is 8.55. The third-order valence-corrected chi connectivity index (χ3v) is 6.00. The summed E-state index contributed by atoms with van der Waals surface area (Å²) < 4.78 is 5.27. The molecule has 2 atom stereocenters. The molecule has 2 saturated heterocycles. The summed E-state index contributed by atoms with van der Waals surface area (Å²) in [5.41, 5.74) is 3.36. The third-order valence-electron chi connectivity index (χ3n) is 6.00. The highest BCUT2D eigenvalue weighted by molar-refractivity contribution is 5.78. The second-order valence-electron chi connectivity index (χ2n) is 8.37. The van der Waals surface area contributed by atoms with Crippen LogP contribution in [0.25, 0.3) is 0 Å². The number of β-amino-alcohol motifs (C(OH)–C–C–N with tert-alkyl or cyclic N) is 1. The topological polar surface area (TPSA) is 73.0 Å². The number of piperazine rings is 1. The highest BCUT2D eigenvalue weighted by Crippen LogP contribution is 2.23. The molecule has 2 fully saturated rings. The number of aliphatic hydroxyl groups is 1. The zero-order chi connectivity index (χ0) is 20.4. The minimum atomic E-state index is -0.512.